The Kier molecular flexibility index (Phi) is 6.88. The molecule has 3 rings (SSSR count). The number of amides is 2. The van der Waals surface area contributed by atoms with Gasteiger partial charge in [-0.05, 0) is 36.6 Å². The van der Waals surface area contributed by atoms with Crippen LogP contribution in [0.4, 0.5) is 11.4 Å². The third-order valence-electron chi connectivity index (χ3n) is 5.38. The second kappa shape index (κ2) is 9.56. The zero-order valence-corrected chi connectivity index (χ0v) is 17.1. The Morgan fingerprint density at radius 1 is 1.10 bits per heavy atom. The summed E-state index contributed by atoms with van der Waals surface area (Å²) in [5.74, 6) is -0.256. The lowest BCUT2D eigenvalue weighted by atomic mass is 10.1. The van der Waals surface area contributed by atoms with Crippen molar-refractivity contribution in [2.24, 2.45) is 0 Å². The Bertz CT molecular complexity index is 840. The Balaban J connectivity index is 1.61. The molecule has 1 atom stereocenters. The SMILES string of the molecule is CC(=O)N(CC(=O)N(C)CCc1ccccc1N1CC[C@H](O)C1)c1ccccc1. The molecule has 1 aliphatic heterocycles. The maximum Gasteiger partial charge on any atom is 0.242 e. The predicted octanol–water partition coefficient (Wildman–Crippen LogP) is 2.31. The number of nitrogens with zero attached hydrogens (tertiary/aromatic N) is 3. The summed E-state index contributed by atoms with van der Waals surface area (Å²) in [5, 5.41) is 9.84. The highest BCUT2D eigenvalue weighted by Gasteiger charge is 2.23. The molecule has 1 fully saturated rings. The van der Waals surface area contributed by atoms with Crippen molar-refractivity contribution in [1.29, 1.82) is 0 Å². The molecule has 0 unspecified atom stereocenters. The fraction of sp³-hybridized carbons (Fsp3) is 0.391. The highest BCUT2D eigenvalue weighted by atomic mass is 16.3. The monoisotopic (exact) mass is 395 g/mol. The first-order chi connectivity index (χ1) is 14.0. The highest BCUT2D eigenvalue weighted by molar-refractivity contribution is 5.97. The highest BCUT2D eigenvalue weighted by Crippen LogP contribution is 2.25. The van der Waals surface area contributed by atoms with Crippen LogP contribution in [-0.4, -0.2) is 61.2 Å². The summed E-state index contributed by atoms with van der Waals surface area (Å²) >= 11 is 0. The molecule has 6 heteroatoms. The summed E-state index contributed by atoms with van der Waals surface area (Å²) < 4.78 is 0. The molecule has 0 bridgehead atoms. The van der Waals surface area contributed by atoms with Crippen molar-refractivity contribution in [3.8, 4) is 0 Å². The number of para-hydroxylation sites is 2. The van der Waals surface area contributed by atoms with Crippen molar-refractivity contribution in [2.75, 3.05) is 43.0 Å². The van der Waals surface area contributed by atoms with Crippen molar-refractivity contribution in [3.05, 3.63) is 60.2 Å². The van der Waals surface area contributed by atoms with E-state index in [0.29, 0.717) is 13.1 Å². The number of likely N-dealkylation sites (N-methyl/N-ethyl adjacent to an activating group) is 1. The molecule has 1 aliphatic rings. The Hall–Kier alpha value is -2.86. The van der Waals surface area contributed by atoms with Gasteiger partial charge in [0.15, 0.2) is 0 Å². The summed E-state index contributed by atoms with van der Waals surface area (Å²) in [6, 6.07) is 17.4. The average molecular weight is 396 g/mol. The van der Waals surface area contributed by atoms with Gasteiger partial charge in [0.1, 0.15) is 6.54 Å². The normalized spacial score (nSPS) is 16.0. The minimum atomic E-state index is -0.275. The van der Waals surface area contributed by atoms with Crippen LogP contribution >= 0.6 is 0 Å². The third kappa shape index (κ3) is 5.35. The van der Waals surface area contributed by atoms with Crippen molar-refractivity contribution in [3.63, 3.8) is 0 Å². The van der Waals surface area contributed by atoms with Crippen molar-refractivity contribution < 1.29 is 14.7 Å². The van der Waals surface area contributed by atoms with E-state index >= 15 is 0 Å². The number of anilines is 2. The van der Waals surface area contributed by atoms with Crippen LogP contribution < -0.4 is 9.80 Å². The molecule has 1 heterocycles. The predicted molar refractivity (Wildman–Crippen MR) is 115 cm³/mol. The maximum absolute atomic E-state index is 12.7. The maximum atomic E-state index is 12.7. The van der Waals surface area contributed by atoms with E-state index in [2.05, 4.69) is 17.0 Å². The molecule has 6 nitrogen and oxygen atoms in total. The molecular formula is C23H29N3O3. The molecule has 0 radical (unpaired) electrons. The lowest BCUT2D eigenvalue weighted by molar-refractivity contribution is -0.130. The number of hydrogen-bond acceptors (Lipinski definition) is 4. The van der Waals surface area contributed by atoms with E-state index < -0.39 is 0 Å². The number of rotatable bonds is 7. The van der Waals surface area contributed by atoms with Gasteiger partial charge in [-0.25, -0.2) is 0 Å². The van der Waals surface area contributed by atoms with Crippen LogP contribution in [-0.2, 0) is 16.0 Å². The fourth-order valence-electron chi connectivity index (χ4n) is 3.65. The fourth-order valence-corrected chi connectivity index (χ4v) is 3.65. The number of carbonyl (C=O) groups excluding carboxylic acids is 2. The summed E-state index contributed by atoms with van der Waals surface area (Å²) in [4.78, 5) is 30.1. The summed E-state index contributed by atoms with van der Waals surface area (Å²) in [5.41, 5.74) is 3.01. The molecule has 154 valence electrons. The van der Waals surface area contributed by atoms with Gasteiger partial charge in [0.05, 0.1) is 6.10 Å². The van der Waals surface area contributed by atoms with Gasteiger partial charge in [-0.15, -0.1) is 0 Å². The third-order valence-corrected chi connectivity index (χ3v) is 5.38. The smallest absolute Gasteiger partial charge is 0.242 e. The topological polar surface area (TPSA) is 64.1 Å². The second-order valence-corrected chi connectivity index (χ2v) is 7.52. The first-order valence-corrected chi connectivity index (χ1v) is 10.0. The van der Waals surface area contributed by atoms with Gasteiger partial charge in [0, 0.05) is 45.0 Å². The van der Waals surface area contributed by atoms with Crippen LogP contribution in [0.3, 0.4) is 0 Å². The quantitative estimate of drug-likeness (QED) is 0.781. The first kappa shape index (κ1) is 20.9. The van der Waals surface area contributed by atoms with Gasteiger partial charge in [-0.1, -0.05) is 36.4 Å². The molecule has 0 spiro atoms. The summed E-state index contributed by atoms with van der Waals surface area (Å²) in [6.45, 7) is 3.55. The molecule has 0 aromatic heterocycles. The van der Waals surface area contributed by atoms with E-state index in [1.807, 2.05) is 42.5 Å². The number of hydrogen-bond donors (Lipinski definition) is 1. The Morgan fingerprint density at radius 3 is 2.45 bits per heavy atom. The number of carbonyl (C=O) groups is 2. The zero-order valence-electron chi connectivity index (χ0n) is 17.1. The van der Waals surface area contributed by atoms with Crippen LogP contribution in [0, 0.1) is 0 Å². The minimum Gasteiger partial charge on any atom is -0.391 e. The van der Waals surface area contributed by atoms with Gasteiger partial charge in [-0.2, -0.15) is 0 Å². The van der Waals surface area contributed by atoms with Crippen molar-refractivity contribution >= 4 is 23.2 Å². The summed E-state index contributed by atoms with van der Waals surface area (Å²) in [6.07, 6.45) is 1.23. The van der Waals surface area contributed by atoms with E-state index in [4.69, 9.17) is 0 Å². The first-order valence-electron chi connectivity index (χ1n) is 10.0. The molecule has 1 saturated heterocycles. The molecular weight excluding hydrogens is 366 g/mol. The Labute approximate surface area is 172 Å². The van der Waals surface area contributed by atoms with Crippen LogP contribution in [0.1, 0.15) is 18.9 Å². The van der Waals surface area contributed by atoms with Crippen molar-refractivity contribution in [2.45, 2.75) is 25.9 Å². The second-order valence-electron chi connectivity index (χ2n) is 7.52. The number of benzene rings is 2. The number of β-amino-alcohol motifs (C(OH)–C–C–N with tert-alkyl or cyclic N) is 1. The van der Waals surface area contributed by atoms with Gasteiger partial charge in [-0.3, -0.25) is 9.59 Å². The van der Waals surface area contributed by atoms with Gasteiger partial charge < -0.3 is 19.8 Å². The van der Waals surface area contributed by atoms with Crippen molar-refractivity contribution in [1.82, 2.24) is 4.90 Å². The largest absolute Gasteiger partial charge is 0.391 e. The van der Waals surface area contributed by atoms with E-state index in [9.17, 15) is 14.7 Å². The zero-order chi connectivity index (χ0) is 20.8. The minimum absolute atomic E-state index is 0.0236. The van der Waals surface area contributed by atoms with Crippen LogP contribution in [0.5, 0.6) is 0 Å². The van der Waals surface area contributed by atoms with E-state index in [0.717, 1.165) is 36.3 Å². The summed E-state index contributed by atoms with van der Waals surface area (Å²) in [7, 11) is 1.77. The van der Waals surface area contributed by atoms with E-state index in [-0.39, 0.29) is 24.5 Å². The number of aliphatic hydroxyl groups is 1. The molecule has 2 amide bonds. The van der Waals surface area contributed by atoms with E-state index in [1.54, 1.807) is 11.9 Å². The molecule has 29 heavy (non-hydrogen) atoms. The van der Waals surface area contributed by atoms with Crippen LogP contribution in [0.15, 0.2) is 54.6 Å². The number of aliphatic hydroxyl groups excluding tert-OH is 1. The van der Waals surface area contributed by atoms with Gasteiger partial charge >= 0.3 is 0 Å². The lowest BCUT2D eigenvalue weighted by Crippen LogP contribution is -2.41. The molecule has 1 N–H and O–H groups in total. The Morgan fingerprint density at radius 2 is 1.79 bits per heavy atom. The molecule has 2 aromatic rings. The lowest BCUT2D eigenvalue weighted by Gasteiger charge is -2.26. The van der Waals surface area contributed by atoms with Gasteiger partial charge in [0.25, 0.3) is 0 Å². The molecule has 2 aromatic carbocycles. The van der Waals surface area contributed by atoms with Crippen LogP contribution in [0.2, 0.25) is 0 Å². The van der Waals surface area contributed by atoms with Gasteiger partial charge in [0.2, 0.25) is 11.8 Å². The molecule has 0 aliphatic carbocycles. The van der Waals surface area contributed by atoms with E-state index in [1.165, 1.54) is 11.8 Å². The van der Waals surface area contributed by atoms with Crippen LogP contribution in [0.25, 0.3) is 0 Å². The average Bonchev–Trinajstić information content (AvgIpc) is 3.16. The molecule has 0 saturated carbocycles. The standard InChI is InChI=1S/C23H29N3O3/c1-18(27)26(20-9-4-3-5-10-20)17-23(29)24(2)14-12-19-8-6-7-11-22(19)25-15-13-21(28)16-25/h3-11,21,28H,12-17H2,1-2H3/t21-/m0/s1.